The number of nitrogens with zero attached hydrogens (tertiary/aromatic N) is 3. The zero-order chi connectivity index (χ0) is 26.0. The fourth-order valence-electron chi connectivity index (χ4n) is 3.75. The summed E-state index contributed by atoms with van der Waals surface area (Å²) in [5, 5.41) is 13.5. The lowest BCUT2D eigenvalue weighted by Crippen LogP contribution is -2.18. The summed E-state index contributed by atoms with van der Waals surface area (Å²) < 4.78 is 0. The first-order valence-electron chi connectivity index (χ1n) is 12.1. The molecule has 0 spiro atoms. The molecule has 4 aromatic rings. The van der Waals surface area contributed by atoms with E-state index in [0.29, 0.717) is 17.5 Å². The topological polar surface area (TPSA) is 104 Å². The van der Waals surface area contributed by atoms with Crippen LogP contribution in [0.25, 0.3) is 11.3 Å². The van der Waals surface area contributed by atoms with Crippen LogP contribution < -0.4 is 21.3 Å². The minimum Gasteiger partial charge on any atom is -0.385 e. The second-order valence-electron chi connectivity index (χ2n) is 8.55. The van der Waals surface area contributed by atoms with Crippen molar-refractivity contribution in [1.29, 1.82) is 0 Å². The quantitative estimate of drug-likeness (QED) is 0.187. The van der Waals surface area contributed by atoms with E-state index in [2.05, 4.69) is 36.2 Å². The Morgan fingerprint density at radius 1 is 0.919 bits per heavy atom. The fraction of sp³-hybridized carbons (Fsp3) is 0.214. The molecule has 9 heteroatoms. The Kier molecular flexibility index (Phi) is 8.89. The molecule has 0 bridgehead atoms. The van der Waals surface area contributed by atoms with Gasteiger partial charge in [-0.15, -0.1) is 0 Å². The van der Waals surface area contributed by atoms with E-state index >= 15 is 0 Å². The lowest BCUT2D eigenvalue weighted by molar-refractivity contribution is -0.119. The van der Waals surface area contributed by atoms with Crippen molar-refractivity contribution in [2.24, 2.45) is 0 Å². The Hall–Kier alpha value is -4.17. The summed E-state index contributed by atoms with van der Waals surface area (Å²) in [6.07, 6.45) is 4.44. The number of carbonyl (C=O) groups excluding carboxylic acids is 1. The molecule has 0 unspecified atom stereocenters. The molecule has 37 heavy (non-hydrogen) atoms. The third-order valence-electron chi connectivity index (χ3n) is 5.69. The zero-order valence-corrected chi connectivity index (χ0v) is 21.6. The minimum absolute atomic E-state index is 0.0300. The van der Waals surface area contributed by atoms with Gasteiger partial charge in [0.15, 0.2) is 0 Å². The Bertz CT molecular complexity index is 1340. The van der Waals surface area contributed by atoms with Crippen molar-refractivity contribution < 1.29 is 4.79 Å². The van der Waals surface area contributed by atoms with Crippen molar-refractivity contribution in [3.63, 3.8) is 0 Å². The van der Waals surface area contributed by atoms with Crippen LogP contribution in [0.2, 0.25) is 5.02 Å². The summed E-state index contributed by atoms with van der Waals surface area (Å²) in [7, 11) is 0. The van der Waals surface area contributed by atoms with Gasteiger partial charge in [-0.3, -0.25) is 4.79 Å². The van der Waals surface area contributed by atoms with E-state index in [-0.39, 0.29) is 5.91 Å². The van der Waals surface area contributed by atoms with Gasteiger partial charge >= 0.3 is 0 Å². The van der Waals surface area contributed by atoms with Gasteiger partial charge in [0, 0.05) is 66.5 Å². The number of amides is 1. The number of pyridine rings is 1. The van der Waals surface area contributed by atoms with Gasteiger partial charge < -0.3 is 21.3 Å². The number of hydrogen-bond acceptors (Lipinski definition) is 7. The number of aromatic nitrogens is 3. The van der Waals surface area contributed by atoms with Gasteiger partial charge in [-0.05, 0) is 61.4 Å². The average Bonchev–Trinajstić information content (AvgIpc) is 2.89. The van der Waals surface area contributed by atoms with E-state index in [1.54, 1.807) is 12.4 Å². The van der Waals surface area contributed by atoms with Gasteiger partial charge in [0.05, 0.1) is 5.69 Å². The summed E-state index contributed by atoms with van der Waals surface area (Å²) >= 11 is 6.08. The Morgan fingerprint density at radius 3 is 2.49 bits per heavy atom. The lowest BCUT2D eigenvalue weighted by atomic mass is 10.1. The van der Waals surface area contributed by atoms with Gasteiger partial charge in [-0.25, -0.2) is 15.0 Å². The van der Waals surface area contributed by atoms with E-state index in [4.69, 9.17) is 11.6 Å². The van der Waals surface area contributed by atoms with E-state index in [1.165, 1.54) is 6.92 Å². The molecule has 0 aliphatic carbocycles. The van der Waals surface area contributed by atoms with E-state index in [0.717, 1.165) is 59.1 Å². The lowest BCUT2D eigenvalue weighted by Gasteiger charge is -2.13. The van der Waals surface area contributed by atoms with Crippen LogP contribution in [0.15, 0.2) is 73.1 Å². The Morgan fingerprint density at radius 2 is 1.70 bits per heavy atom. The average molecular weight is 516 g/mol. The van der Waals surface area contributed by atoms with Crippen LogP contribution in [0.5, 0.6) is 0 Å². The third kappa shape index (κ3) is 7.65. The molecule has 0 saturated carbocycles. The molecule has 2 aromatic heterocycles. The fourth-order valence-corrected chi connectivity index (χ4v) is 3.94. The van der Waals surface area contributed by atoms with Gasteiger partial charge in [0.2, 0.25) is 11.9 Å². The molecular formula is C28H30ClN7O. The highest BCUT2D eigenvalue weighted by Gasteiger charge is 2.10. The SMILES string of the molecule is CC(=O)NCc1ccc(NCCCNc2nccc(-c3ccnc(Nc4cccc(Cl)c4)n3)c2C)cc1. The largest absolute Gasteiger partial charge is 0.385 e. The molecule has 4 N–H and O–H groups in total. The minimum atomic E-state index is -0.0300. The predicted octanol–water partition coefficient (Wildman–Crippen LogP) is 5.79. The van der Waals surface area contributed by atoms with Gasteiger partial charge in [0.1, 0.15) is 5.82 Å². The molecule has 0 fully saturated rings. The molecule has 2 aromatic carbocycles. The molecular weight excluding hydrogens is 486 g/mol. The highest BCUT2D eigenvalue weighted by Crippen LogP contribution is 2.27. The molecule has 0 aliphatic rings. The second kappa shape index (κ2) is 12.7. The van der Waals surface area contributed by atoms with E-state index < -0.39 is 0 Å². The molecule has 0 radical (unpaired) electrons. The van der Waals surface area contributed by atoms with Crippen LogP contribution in [0, 0.1) is 6.92 Å². The van der Waals surface area contributed by atoms with Gasteiger partial charge in [-0.1, -0.05) is 29.8 Å². The van der Waals surface area contributed by atoms with Gasteiger partial charge in [0.25, 0.3) is 0 Å². The van der Waals surface area contributed by atoms with Crippen molar-refractivity contribution in [2.45, 2.75) is 26.8 Å². The van der Waals surface area contributed by atoms with Crippen LogP contribution in [0.3, 0.4) is 0 Å². The van der Waals surface area contributed by atoms with Crippen molar-refractivity contribution in [2.75, 3.05) is 29.0 Å². The van der Waals surface area contributed by atoms with E-state index in [9.17, 15) is 4.79 Å². The maximum absolute atomic E-state index is 11.0. The highest BCUT2D eigenvalue weighted by molar-refractivity contribution is 6.30. The number of carbonyl (C=O) groups is 1. The molecule has 0 atom stereocenters. The number of rotatable bonds is 11. The van der Waals surface area contributed by atoms with Crippen molar-refractivity contribution >= 4 is 40.6 Å². The Labute approximate surface area is 221 Å². The van der Waals surface area contributed by atoms with Crippen LogP contribution in [-0.2, 0) is 11.3 Å². The number of anilines is 4. The summed E-state index contributed by atoms with van der Waals surface area (Å²) in [4.78, 5) is 24.6. The second-order valence-corrected chi connectivity index (χ2v) is 8.98. The zero-order valence-electron chi connectivity index (χ0n) is 20.9. The van der Waals surface area contributed by atoms with E-state index in [1.807, 2.05) is 67.6 Å². The monoisotopic (exact) mass is 515 g/mol. The molecule has 1 amide bonds. The summed E-state index contributed by atoms with van der Waals surface area (Å²) in [6, 6.07) is 19.4. The predicted molar refractivity (Wildman–Crippen MR) is 150 cm³/mol. The van der Waals surface area contributed by atoms with Gasteiger partial charge in [-0.2, -0.15) is 0 Å². The highest BCUT2D eigenvalue weighted by atomic mass is 35.5. The van der Waals surface area contributed by atoms with Crippen LogP contribution in [0.4, 0.5) is 23.1 Å². The number of benzene rings is 2. The maximum Gasteiger partial charge on any atom is 0.227 e. The molecule has 0 aliphatic heterocycles. The maximum atomic E-state index is 11.0. The Balaban J connectivity index is 1.30. The van der Waals surface area contributed by atoms with Crippen molar-refractivity contribution in [3.05, 3.63) is 89.2 Å². The smallest absolute Gasteiger partial charge is 0.227 e. The molecule has 2 heterocycles. The molecule has 4 rings (SSSR count). The summed E-state index contributed by atoms with van der Waals surface area (Å²) in [5.74, 6) is 1.31. The van der Waals surface area contributed by atoms with Crippen LogP contribution in [0.1, 0.15) is 24.5 Å². The summed E-state index contributed by atoms with van der Waals surface area (Å²) in [6.45, 7) is 5.69. The van der Waals surface area contributed by atoms with Crippen molar-refractivity contribution in [1.82, 2.24) is 20.3 Å². The first kappa shape index (κ1) is 25.9. The number of nitrogens with one attached hydrogen (secondary N) is 4. The molecule has 8 nitrogen and oxygen atoms in total. The number of hydrogen-bond donors (Lipinski definition) is 4. The standard InChI is InChI=1S/C28H30ClN7O/c1-19-25(26-12-16-33-28(36-26)35-24-6-3-5-22(29)17-24)11-15-32-27(19)31-14-4-13-30-23-9-7-21(8-10-23)18-34-20(2)37/h3,5-12,15-17,30H,4,13-14,18H2,1-2H3,(H,31,32)(H,34,37)(H,33,35,36). The van der Waals surface area contributed by atoms with Crippen LogP contribution in [-0.4, -0.2) is 33.9 Å². The first-order valence-corrected chi connectivity index (χ1v) is 12.5. The third-order valence-corrected chi connectivity index (χ3v) is 5.92. The summed E-state index contributed by atoms with van der Waals surface area (Å²) in [5.41, 5.74) is 5.77. The van der Waals surface area contributed by atoms with Crippen molar-refractivity contribution in [3.8, 4) is 11.3 Å². The number of halogens is 1. The van der Waals surface area contributed by atoms with Crippen LogP contribution >= 0.6 is 11.6 Å². The molecule has 190 valence electrons. The normalized spacial score (nSPS) is 10.6. The first-order chi connectivity index (χ1) is 18.0. The molecule has 0 saturated heterocycles.